The van der Waals surface area contributed by atoms with Gasteiger partial charge in [-0.3, -0.25) is 4.55 Å². The monoisotopic (exact) mass is 216 g/mol. The van der Waals surface area contributed by atoms with Crippen molar-refractivity contribution in [1.29, 1.82) is 0 Å². The van der Waals surface area contributed by atoms with Gasteiger partial charge < -0.3 is 5.73 Å². The highest BCUT2D eigenvalue weighted by molar-refractivity contribution is 7.83. The third-order valence-electron chi connectivity index (χ3n) is 1.75. The minimum Gasteiger partial charge on any atom is -0.399 e. The lowest BCUT2D eigenvalue weighted by Gasteiger charge is -2.12. The summed E-state index contributed by atoms with van der Waals surface area (Å²) in [7, 11) is -2.83. The minimum absolute atomic E-state index is 0.101. The number of nitrogens with two attached hydrogens (primary N) is 1. The van der Waals surface area contributed by atoms with Crippen LogP contribution in [0, 0.1) is 0 Å². The summed E-state index contributed by atoms with van der Waals surface area (Å²) in [5, 5.41) is 0. The van der Waals surface area contributed by atoms with E-state index in [1.165, 1.54) is 7.05 Å². The van der Waals surface area contributed by atoms with Gasteiger partial charge in [-0.25, -0.2) is 0 Å². The van der Waals surface area contributed by atoms with Gasteiger partial charge in [-0.05, 0) is 17.7 Å². The maximum Gasteiger partial charge on any atom is 0.335 e. The highest BCUT2D eigenvalue weighted by Crippen LogP contribution is 2.09. The largest absolute Gasteiger partial charge is 0.399 e. The molecule has 1 rings (SSSR count). The first-order chi connectivity index (χ1) is 6.39. The lowest BCUT2D eigenvalue weighted by Crippen LogP contribution is -2.25. The van der Waals surface area contributed by atoms with Crippen molar-refractivity contribution in [3.05, 3.63) is 29.8 Å². The van der Waals surface area contributed by atoms with Crippen LogP contribution in [0.3, 0.4) is 0 Å². The van der Waals surface area contributed by atoms with Crippen LogP contribution in [0.5, 0.6) is 0 Å². The van der Waals surface area contributed by atoms with Gasteiger partial charge in [0.1, 0.15) is 0 Å². The van der Waals surface area contributed by atoms with Crippen LogP contribution < -0.4 is 5.73 Å². The zero-order valence-corrected chi connectivity index (χ0v) is 8.53. The second kappa shape index (κ2) is 3.95. The fraction of sp³-hybridized carbons (Fsp3) is 0.250. The summed E-state index contributed by atoms with van der Waals surface area (Å²) in [6.07, 6.45) is 0. The highest BCUT2D eigenvalue weighted by atomic mass is 32.2. The fourth-order valence-corrected chi connectivity index (χ4v) is 1.34. The predicted molar refractivity (Wildman–Crippen MR) is 53.9 cm³/mol. The second-order valence-corrected chi connectivity index (χ2v) is 4.50. The Kier molecular flexibility index (Phi) is 3.10. The van der Waals surface area contributed by atoms with E-state index in [9.17, 15) is 8.42 Å². The lowest BCUT2D eigenvalue weighted by molar-refractivity contribution is 0.384. The van der Waals surface area contributed by atoms with Gasteiger partial charge in [-0.15, -0.1) is 0 Å². The summed E-state index contributed by atoms with van der Waals surface area (Å²) in [5.41, 5.74) is 6.80. The van der Waals surface area contributed by atoms with Crippen LogP contribution in [-0.4, -0.2) is 24.3 Å². The van der Waals surface area contributed by atoms with Crippen LogP contribution in [-0.2, 0) is 16.8 Å². The van der Waals surface area contributed by atoms with E-state index in [4.69, 9.17) is 10.3 Å². The van der Waals surface area contributed by atoms with E-state index < -0.39 is 10.3 Å². The van der Waals surface area contributed by atoms with Crippen molar-refractivity contribution < 1.29 is 13.0 Å². The van der Waals surface area contributed by atoms with Crippen LogP contribution in [0.2, 0.25) is 0 Å². The van der Waals surface area contributed by atoms with E-state index >= 15 is 0 Å². The minimum atomic E-state index is -4.12. The average molecular weight is 216 g/mol. The highest BCUT2D eigenvalue weighted by Gasteiger charge is 2.13. The third-order valence-corrected chi connectivity index (χ3v) is 2.67. The number of rotatable bonds is 3. The average Bonchev–Trinajstić information content (AvgIpc) is 2.02. The molecule has 0 aliphatic rings. The number of benzene rings is 1. The van der Waals surface area contributed by atoms with Crippen LogP contribution in [0.1, 0.15) is 5.56 Å². The molecule has 0 fully saturated rings. The molecule has 0 aliphatic heterocycles. The summed E-state index contributed by atoms with van der Waals surface area (Å²) in [5.74, 6) is 0. The SMILES string of the molecule is CN(Cc1cccc(N)c1)S(=O)(=O)O. The van der Waals surface area contributed by atoms with Gasteiger partial charge in [0, 0.05) is 19.3 Å². The molecule has 14 heavy (non-hydrogen) atoms. The number of anilines is 1. The molecule has 0 amide bonds. The Balaban J connectivity index is 2.80. The molecule has 0 aromatic heterocycles. The molecule has 0 atom stereocenters. The van der Waals surface area contributed by atoms with Crippen molar-refractivity contribution in [2.45, 2.75) is 6.54 Å². The van der Waals surface area contributed by atoms with Crippen LogP contribution in [0.25, 0.3) is 0 Å². The van der Waals surface area contributed by atoms with E-state index in [0.29, 0.717) is 5.69 Å². The quantitative estimate of drug-likeness (QED) is 0.569. The normalized spacial score (nSPS) is 11.9. The van der Waals surface area contributed by atoms with Crippen molar-refractivity contribution in [1.82, 2.24) is 4.31 Å². The van der Waals surface area contributed by atoms with Gasteiger partial charge in [0.15, 0.2) is 0 Å². The van der Waals surface area contributed by atoms with E-state index in [-0.39, 0.29) is 6.54 Å². The first-order valence-corrected chi connectivity index (χ1v) is 5.32. The van der Waals surface area contributed by atoms with Crippen molar-refractivity contribution in [3.63, 3.8) is 0 Å². The van der Waals surface area contributed by atoms with Gasteiger partial charge in [-0.2, -0.15) is 12.7 Å². The zero-order chi connectivity index (χ0) is 10.8. The molecule has 1 aromatic carbocycles. The molecule has 6 heteroatoms. The topological polar surface area (TPSA) is 83.6 Å². The maximum absolute atomic E-state index is 10.7. The Morgan fingerprint density at radius 3 is 2.64 bits per heavy atom. The third kappa shape index (κ3) is 2.99. The van der Waals surface area contributed by atoms with Crippen LogP contribution in [0.15, 0.2) is 24.3 Å². The van der Waals surface area contributed by atoms with Gasteiger partial charge >= 0.3 is 10.3 Å². The number of hydrogen-bond donors (Lipinski definition) is 2. The Bertz CT molecular complexity index is 416. The molecular formula is C8H12N2O3S. The maximum atomic E-state index is 10.7. The van der Waals surface area contributed by atoms with Crippen LogP contribution in [0.4, 0.5) is 5.69 Å². The van der Waals surface area contributed by atoms with Crippen molar-refractivity contribution in [2.75, 3.05) is 12.8 Å². The second-order valence-electron chi connectivity index (χ2n) is 2.98. The molecule has 3 N–H and O–H groups in total. The molecule has 0 heterocycles. The predicted octanol–water partition coefficient (Wildman–Crippen LogP) is 0.503. The lowest BCUT2D eigenvalue weighted by atomic mass is 10.2. The summed E-state index contributed by atoms with van der Waals surface area (Å²) < 4.78 is 30.9. The van der Waals surface area contributed by atoms with Crippen molar-refractivity contribution in [2.24, 2.45) is 0 Å². The van der Waals surface area contributed by atoms with E-state index in [1.807, 2.05) is 0 Å². The summed E-state index contributed by atoms with van der Waals surface area (Å²) >= 11 is 0. The fourth-order valence-electron chi connectivity index (χ4n) is 1.03. The molecule has 0 radical (unpaired) electrons. The summed E-state index contributed by atoms with van der Waals surface area (Å²) in [6, 6.07) is 6.82. The molecule has 0 spiro atoms. The standard InChI is InChI=1S/C8H12N2O3S/c1-10(14(11,12)13)6-7-3-2-4-8(9)5-7/h2-5H,6,9H2,1H3,(H,11,12,13). The molecule has 0 saturated carbocycles. The Labute approximate surface area is 83.0 Å². The molecule has 0 bridgehead atoms. The number of nitrogen functional groups attached to an aromatic ring is 1. The van der Waals surface area contributed by atoms with E-state index in [1.54, 1.807) is 24.3 Å². The number of hydrogen-bond acceptors (Lipinski definition) is 3. The van der Waals surface area contributed by atoms with Crippen molar-refractivity contribution >= 4 is 16.0 Å². The molecule has 0 unspecified atom stereocenters. The van der Waals surface area contributed by atoms with Crippen LogP contribution >= 0.6 is 0 Å². The smallest absolute Gasteiger partial charge is 0.335 e. The Hall–Kier alpha value is -1.11. The molecule has 5 nitrogen and oxygen atoms in total. The number of nitrogens with zero attached hydrogens (tertiary/aromatic N) is 1. The summed E-state index contributed by atoms with van der Waals surface area (Å²) in [6.45, 7) is 0.101. The molecule has 0 aliphatic carbocycles. The molecule has 78 valence electrons. The van der Waals surface area contributed by atoms with E-state index in [2.05, 4.69) is 0 Å². The van der Waals surface area contributed by atoms with Gasteiger partial charge in [-0.1, -0.05) is 12.1 Å². The first-order valence-electron chi connectivity index (χ1n) is 3.93. The Morgan fingerprint density at radius 1 is 1.50 bits per heavy atom. The molecular weight excluding hydrogens is 204 g/mol. The van der Waals surface area contributed by atoms with Gasteiger partial charge in [0.05, 0.1) is 0 Å². The molecule has 0 saturated heterocycles. The zero-order valence-electron chi connectivity index (χ0n) is 7.71. The Morgan fingerprint density at radius 2 is 2.14 bits per heavy atom. The first kappa shape index (κ1) is 11.0. The van der Waals surface area contributed by atoms with E-state index in [0.717, 1.165) is 9.87 Å². The van der Waals surface area contributed by atoms with Gasteiger partial charge in [0.25, 0.3) is 0 Å². The van der Waals surface area contributed by atoms with Gasteiger partial charge in [0.2, 0.25) is 0 Å². The van der Waals surface area contributed by atoms with Crippen molar-refractivity contribution in [3.8, 4) is 0 Å². The molecule has 1 aromatic rings. The summed E-state index contributed by atoms with van der Waals surface area (Å²) in [4.78, 5) is 0.